The molecule has 0 saturated heterocycles. The summed E-state index contributed by atoms with van der Waals surface area (Å²) in [5.41, 5.74) is 0. The van der Waals surface area contributed by atoms with Crippen LogP contribution in [0.4, 0.5) is 0 Å². The summed E-state index contributed by atoms with van der Waals surface area (Å²) in [5.74, 6) is 0. The van der Waals surface area contributed by atoms with Gasteiger partial charge in [-0.3, -0.25) is 0 Å². The van der Waals surface area contributed by atoms with Crippen LogP contribution in [0.3, 0.4) is 0 Å². The zero-order chi connectivity index (χ0) is 17.6. The van der Waals surface area contributed by atoms with E-state index in [-0.39, 0.29) is 10.9 Å². The van der Waals surface area contributed by atoms with Crippen molar-refractivity contribution in [3.05, 3.63) is 101 Å². The summed E-state index contributed by atoms with van der Waals surface area (Å²) in [5, 5.41) is 0. The third-order valence-electron chi connectivity index (χ3n) is 4.51. The van der Waals surface area contributed by atoms with E-state index < -0.39 is 0 Å². The van der Waals surface area contributed by atoms with E-state index in [9.17, 15) is 0 Å². The quantitative estimate of drug-likeness (QED) is 0.495. The lowest BCUT2D eigenvalue weighted by molar-refractivity contribution is 0.998. The fraction of sp³-hybridized carbons (Fsp3) is 0.167. The molecule has 0 nitrogen and oxygen atoms in total. The summed E-state index contributed by atoms with van der Waals surface area (Å²) in [6.07, 6.45) is 18.4. The number of hydrogen-bond acceptors (Lipinski definition) is 1. The Morgan fingerprint density at radius 3 is 1.77 bits per heavy atom. The van der Waals surface area contributed by atoms with E-state index in [1.807, 2.05) is 11.8 Å². The number of benzene rings is 2. The smallest absolute Gasteiger partial charge is 0.0901 e. The molecule has 0 fully saturated rings. The van der Waals surface area contributed by atoms with Gasteiger partial charge in [0.15, 0.2) is 4.90 Å². The first kappa shape index (κ1) is 17.5. The van der Waals surface area contributed by atoms with Crippen molar-refractivity contribution in [1.82, 2.24) is 0 Å². The van der Waals surface area contributed by atoms with E-state index in [1.54, 1.807) is 9.81 Å². The van der Waals surface area contributed by atoms with E-state index in [0.717, 1.165) is 0 Å². The van der Waals surface area contributed by atoms with Crippen LogP contribution in [-0.2, 0) is 10.9 Å². The van der Waals surface area contributed by atoms with E-state index in [2.05, 4.69) is 91.1 Å². The maximum atomic E-state index is 2.35. The Morgan fingerprint density at radius 2 is 1.23 bits per heavy atom. The zero-order valence-corrected chi connectivity index (χ0v) is 16.4. The van der Waals surface area contributed by atoms with E-state index in [0.29, 0.717) is 0 Å². The van der Waals surface area contributed by atoms with E-state index >= 15 is 0 Å². The minimum atomic E-state index is 0.0950. The molecule has 0 saturated carbocycles. The number of hydrogen-bond donors (Lipinski definition) is 0. The van der Waals surface area contributed by atoms with Crippen LogP contribution in [0.25, 0.3) is 0 Å². The summed E-state index contributed by atoms with van der Waals surface area (Å²) in [6.45, 7) is 0. The Morgan fingerprint density at radius 1 is 0.654 bits per heavy atom. The average Bonchev–Trinajstić information content (AvgIpc) is 2.72. The lowest BCUT2D eigenvalue weighted by Crippen LogP contribution is -2.11. The van der Waals surface area contributed by atoms with Crippen molar-refractivity contribution in [2.45, 2.75) is 40.4 Å². The van der Waals surface area contributed by atoms with Gasteiger partial charge in [-0.1, -0.05) is 54.3 Å². The van der Waals surface area contributed by atoms with Crippen LogP contribution < -0.4 is 0 Å². The highest BCUT2D eigenvalue weighted by Gasteiger charge is 2.33. The molecule has 0 aliphatic heterocycles. The van der Waals surface area contributed by atoms with Crippen molar-refractivity contribution in [1.29, 1.82) is 0 Å². The molecule has 0 heterocycles. The molecule has 2 aromatic carbocycles. The monoisotopic (exact) mass is 375 g/mol. The number of allylic oxidation sites excluding steroid dienone is 8. The second kappa shape index (κ2) is 8.66. The lowest BCUT2D eigenvalue weighted by Gasteiger charge is -2.16. The molecule has 0 spiro atoms. The predicted octanol–water partition coefficient (Wildman–Crippen LogP) is 7.28. The molecule has 2 heteroatoms. The third-order valence-corrected chi connectivity index (χ3v) is 8.00. The van der Waals surface area contributed by atoms with Crippen LogP contribution in [0.2, 0.25) is 0 Å². The van der Waals surface area contributed by atoms with Crippen molar-refractivity contribution in [2.75, 3.05) is 0 Å². The predicted molar refractivity (Wildman–Crippen MR) is 116 cm³/mol. The standard InChI is InChI=1S/C24H23S2/c1-4-10-20(11-5-1)25-21-16-18-24(19-17-21)26(22-12-6-2-7-13-22)23-14-8-3-9-15-23/h1-6,8,10-12,14,16-19H,7,9,13,15H2/q+1. The molecule has 0 bridgehead atoms. The molecule has 0 unspecified atom stereocenters. The minimum absolute atomic E-state index is 0.0950. The minimum Gasteiger partial charge on any atom is -0.0901 e. The Labute approximate surface area is 163 Å². The lowest BCUT2D eigenvalue weighted by atomic mass is 10.2. The summed E-state index contributed by atoms with van der Waals surface area (Å²) in [4.78, 5) is 7.21. The fourth-order valence-electron chi connectivity index (χ4n) is 3.24. The molecule has 130 valence electrons. The maximum absolute atomic E-state index is 2.35. The Hall–Kier alpha value is -1.90. The van der Waals surface area contributed by atoms with Crippen LogP contribution in [-0.4, -0.2) is 0 Å². The van der Waals surface area contributed by atoms with Crippen molar-refractivity contribution in [3.8, 4) is 0 Å². The van der Waals surface area contributed by atoms with Crippen molar-refractivity contribution in [2.24, 2.45) is 0 Å². The first-order valence-corrected chi connectivity index (χ1v) is 11.2. The van der Waals surface area contributed by atoms with Crippen LogP contribution in [0.5, 0.6) is 0 Å². The van der Waals surface area contributed by atoms with Gasteiger partial charge in [-0.2, -0.15) is 0 Å². The van der Waals surface area contributed by atoms with Gasteiger partial charge < -0.3 is 0 Å². The molecule has 0 aromatic heterocycles. The summed E-state index contributed by atoms with van der Waals surface area (Å²) < 4.78 is 0. The normalized spacial score (nSPS) is 16.5. The molecule has 0 atom stereocenters. The Bertz CT molecular complexity index is 823. The number of rotatable bonds is 5. The maximum Gasteiger partial charge on any atom is 0.165 e. The highest BCUT2D eigenvalue weighted by Crippen LogP contribution is 2.38. The van der Waals surface area contributed by atoms with Crippen molar-refractivity contribution >= 4 is 22.7 Å². The van der Waals surface area contributed by atoms with Crippen LogP contribution in [0, 0.1) is 0 Å². The highest BCUT2D eigenvalue weighted by atomic mass is 32.2. The molecule has 0 amide bonds. The first-order chi connectivity index (χ1) is 12.9. The molecule has 26 heavy (non-hydrogen) atoms. The van der Waals surface area contributed by atoms with E-state index in [4.69, 9.17) is 0 Å². The second-order valence-corrected chi connectivity index (χ2v) is 9.67. The van der Waals surface area contributed by atoms with Gasteiger partial charge >= 0.3 is 0 Å². The van der Waals surface area contributed by atoms with Gasteiger partial charge in [-0.15, -0.1) is 0 Å². The van der Waals surface area contributed by atoms with Crippen molar-refractivity contribution < 1.29 is 0 Å². The largest absolute Gasteiger partial charge is 0.165 e. The van der Waals surface area contributed by atoms with Gasteiger partial charge in [0.2, 0.25) is 0 Å². The molecule has 2 aromatic rings. The van der Waals surface area contributed by atoms with Gasteiger partial charge in [-0.25, -0.2) is 0 Å². The molecule has 0 radical (unpaired) electrons. The summed E-state index contributed by atoms with van der Waals surface area (Å²) in [6, 6.07) is 19.8. The van der Waals surface area contributed by atoms with Gasteiger partial charge in [0.25, 0.3) is 0 Å². The first-order valence-electron chi connectivity index (χ1n) is 9.19. The Balaban J connectivity index is 1.61. The molecular formula is C24H23S2+. The van der Waals surface area contributed by atoms with Crippen LogP contribution in [0.1, 0.15) is 25.7 Å². The third kappa shape index (κ3) is 4.25. The zero-order valence-electron chi connectivity index (χ0n) is 14.8. The van der Waals surface area contributed by atoms with E-state index in [1.165, 1.54) is 40.4 Å². The molecular weight excluding hydrogens is 352 g/mol. The average molecular weight is 376 g/mol. The van der Waals surface area contributed by atoms with Crippen LogP contribution in [0.15, 0.2) is 116 Å². The molecule has 4 rings (SSSR count). The summed E-state index contributed by atoms with van der Waals surface area (Å²) in [7, 11) is 0.0950. The molecule has 2 aliphatic rings. The Kier molecular flexibility index (Phi) is 5.83. The molecule has 0 N–H and O–H groups in total. The highest BCUT2D eigenvalue weighted by molar-refractivity contribution is 8.04. The SMILES string of the molecule is C1=CCCC([S+](C2=CC=CCC2)c2ccc(Sc3ccccc3)cc2)=C1. The fourth-order valence-corrected chi connectivity index (χ4v) is 6.50. The topological polar surface area (TPSA) is 0 Å². The van der Waals surface area contributed by atoms with Crippen LogP contribution >= 0.6 is 11.8 Å². The summed E-state index contributed by atoms with van der Waals surface area (Å²) >= 11 is 1.83. The second-order valence-electron chi connectivity index (χ2n) is 6.39. The molecule has 2 aliphatic carbocycles. The van der Waals surface area contributed by atoms with Gasteiger partial charge in [-0.05, 0) is 61.4 Å². The van der Waals surface area contributed by atoms with Gasteiger partial charge in [0.1, 0.15) is 9.81 Å². The van der Waals surface area contributed by atoms with Crippen molar-refractivity contribution in [3.63, 3.8) is 0 Å². The van der Waals surface area contributed by atoms with Gasteiger partial charge in [0, 0.05) is 22.6 Å². The van der Waals surface area contributed by atoms with Gasteiger partial charge in [0.05, 0.1) is 10.9 Å².